The van der Waals surface area contributed by atoms with Gasteiger partial charge in [-0.3, -0.25) is 4.79 Å². The molecule has 1 aromatic heterocycles. The number of anilines is 1. The molecule has 0 aliphatic carbocycles. The second-order valence-electron chi connectivity index (χ2n) is 6.77. The van der Waals surface area contributed by atoms with Crippen molar-refractivity contribution in [1.82, 2.24) is 9.88 Å². The average Bonchev–Trinajstić information content (AvgIpc) is 2.79. The van der Waals surface area contributed by atoms with E-state index < -0.39 is 0 Å². The summed E-state index contributed by atoms with van der Waals surface area (Å²) in [6, 6.07) is 23.3. The molecule has 1 saturated heterocycles. The summed E-state index contributed by atoms with van der Waals surface area (Å²) in [7, 11) is 0. The molecular formula is C23H23N3O2. The van der Waals surface area contributed by atoms with Crippen molar-refractivity contribution in [2.75, 3.05) is 31.1 Å². The maximum absolute atomic E-state index is 12.8. The van der Waals surface area contributed by atoms with Gasteiger partial charge in [0.05, 0.1) is 0 Å². The summed E-state index contributed by atoms with van der Waals surface area (Å²) in [6.45, 7) is 3.50. The maximum Gasteiger partial charge on any atom is 0.253 e. The molecule has 142 valence electrons. The van der Waals surface area contributed by atoms with E-state index in [1.54, 1.807) is 6.20 Å². The van der Waals surface area contributed by atoms with Crippen LogP contribution in [0.5, 0.6) is 5.75 Å². The monoisotopic (exact) mass is 373 g/mol. The molecule has 4 rings (SSSR count). The number of pyridine rings is 1. The van der Waals surface area contributed by atoms with Crippen LogP contribution in [0.15, 0.2) is 79.0 Å². The molecule has 2 heterocycles. The van der Waals surface area contributed by atoms with E-state index in [1.807, 2.05) is 77.7 Å². The number of hydrogen-bond donors (Lipinski definition) is 0. The highest BCUT2D eigenvalue weighted by molar-refractivity contribution is 5.94. The van der Waals surface area contributed by atoms with E-state index in [0.29, 0.717) is 25.3 Å². The maximum atomic E-state index is 12.8. The molecule has 0 atom stereocenters. The largest absolute Gasteiger partial charge is 0.489 e. The van der Waals surface area contributed by atoms with Gasteiger partial charge in [-0.25, -0.2) is 4.98 Å². The predicted octanol–water partition coefficient (Wildman–Crippen LogP) is 3.62. The van der Waals surface area contributed by atoms with Crippen LogP contribution in [0.25, 0.3) is 0 Å². The Morgan fingerprint density at radius 2 is 1.57 bits per heavy atom. The number of hydrogen-bond acceptors (Lipinski definition) is 4. The number of ether oxygens (including phenoxy) is 1. The molecule has 5 nitrogen and oxygen atoms in total. The van der Waals surface area contributed by atoms with Crippen molar-refractivity contribution in [2.45, 2.75) is 6.61 Å². The van der Waals surface area contributed by atoms with Crippen molar-refractivity contribution in [3.8, 4) is 5.75 Å². The minimum absolute atomic E-state index is 0.0651. The molecule has 0 unspecified atom stereocenters. The van der Waals surface area contributed by atoms with Gasteiger partial charge < -0.3 is 14.5 Å². The lowest BCUT2D eigenvalue weighted by molar-refractivity contribution is 0.0746. The molecule has 0 N–H and O–H groups in total. The van der Waals surface area contributed by atoms with Crippen LogP contribution in [0.2, 0.25) is 0 Å². The first-order valence-electron chi connectivity index (χ1n) is 9.52. The molecule has 1 aliphatic rings. The fraction of sp³-hybridized carbons (Fsp3) is 0.217. The predicted molar refractivity (Wildman–Crippen MR) is 110 cm³/mol. The van der Waals surface area contributed by atoms with Crippen LogP contribution in [0.4, 0.5) is 5.82 Å². The molecular weight excluding hydrogens is 350 g/mol. The van der Waals surface area contributed by atoms with Crippen LogP contribution in [0.1, 0.15) is 15.9 Å². The Morgan fingerprint density at radius 3 is 2.25 bits per heavy atom. The minimum Gasteiger partial charge on any atom is -0.489 e. The third-order valence-electron chi connectivity index (χ3n) is 4.89. The van der Waals surface area contributed by atoms with Gasteiger partial charge in [0, 0.05) is 37.9 Å². The molecule has 0 bridgehead atoms. The van der Waals surface area contributed by atoms with Crippen molar-refractivity contribution in [2.24, 2.45) is 0 Å². The first-order chi connectivity index (χ1) is 13.8. The van der Waals surface area contributed by atoms with Crippen molar-refractivity contribution in [1.29, 1.82) is 0 Å². The summed E-state index contributed by atoms with van der Waals surface area (Å²) >= 11 is 0. The zero-order valence-corrected chi connectivity index (χ0v) is 15.7. The number of carbonyl (C=O) groups excluding carboxylic acids is 1. The third-order valence-corrected chi connectivity index (χ3v) is 4.89. The number of aromatic nitrogens is 1. The Bertz CT molecular complexity index is 890. The van der Waals surface area contributed by atoms with E-state index in [1.165, 1.54) is 0 Å². The molecule has 0 saturated carbocycles. The number of nitrogens with zero attached hydrogens (tertiary/aromatic N) is 3. The van der Waals surface area contributed by atoms with E-state index in [0.717, 1.165) is 30.2 Å². The first-order valence-corrected chi connectivity index (χ1v) is 9.52. The normalized spacial score (nSPS) is 14.0. The van der Waals surface area contributed by atoms with E-state index >= 15 is 0 Å². The molecule has 5 heteroatoms. The summed E-state index contributed by atoms with van der Waals surface area (Å²) in [4.78, 5) is 21.3. The summed E-state index contributed by atoms with van der Waals surface area (Å²) in [5.41, 5.74) is 1.81. The number of benzene rings is 2. The van der Waals surface area contributed by atoms with Crippen molar-refractivity contribution in [3.63, 3.8) is 0 Å². The lowest BCUT2D eigenvalue weighted by atomic mass is 10.1. The van der Waals surface area contributed by atoms with Crippen LogP contribution < -0.4 is 9.64 Å². The van der Waals surface area contributed by atoms with E-state index in [9.17, 15) is 4.79 Å². The van der Waals surface area contributed by atoms with Crippen LogP contribution in [0, 0.1) is 0 Å². The lowest BCUT2D eigenvalue weighted by Gasteiger charge is -2.35. The summed E-state index contributed by atoms with van der Waals surface area (Å²) in [5.74, 6) is 1.80. The fourth-order valence-electron chi connectivity index (χ4n) is 3.30. The Hall–Kier alpha value is -3.34. The van der Waals surface area contributed by atoms with Crippen molar-refractivity contribution >= 4 is 11.7 Å². The van der Waals surface area contributed by atoms with Crippen LogP contribution in [-0.4, -0.2) is 42.0 Å². The smallest absolute Gasteiger partial charge is 0.253 e. The summed E-state index contributed by atoms with van der Waals surface area (Å²) < 4.78 is 5.80. The number of amides is 1. The molecule has 1 amide bonds. The Morgan fingerprint density at radius 1 is 0.857 bits per heavy atom. The number of rotatable bonds is 5. The Balaban J connectivity index is 1.31. The highest BCUT2D eigenvalue weighted by Crippen LogP contribution is 2.18. The van der Waals surface area contributed by atoms with Gasteiger partial charge in [-0.05, 0) is 42.0 Å². The van der Waals surface area contributed by atoms with Crippen LogP contribution in [-0.2, 0) is 6.61 Å². The van der Waals surface area contributed by atoms with Gasteiger partial charge in [0.15, 0.2) is 0 Å². The van der Waals surface area contributed by atoms with Gasteiger partial charge in [-0.2, -0.15) is 0 Å². The summed E-state index contributed by atoms with van der Waals surface area (Å²) in [5, 5.41) is 0. The minimum atomic E-state index is 0.0651. The average molecular weight is 373 g/mol. The van der Waals surface area contributed by atoms with Crippen LogP contribution >= 0.6 is 0 Å². The molecule has 28 heavy (non-hydrogen) atoms. The highest BCUT2D eigenvalue weighted by Gasteiger charge is 2.22. The topological polar surface area (TPSA) is 45.7 Å². The fourth-order valence-corrected chi connectivity index (χ4v) is 3.30. The Kier molecular flexibility index (Phi) is 5.52. The van der Waals surface area contributed by atoms with Gasteiger partial charge in [0.25, 0.3) is 5.91 Å². The van der Waals surface area contributed by atoms with Crippen LogP contribution in [0.3, 0.4) is 0 Å². The van der Waals surface area contributed by atoms with Gasteiger partial charge >= 0.3 is 0 Å². The SMILES string of the molecule is O=C(c1ccc(OCc2ccccc2)cc1)N1CCN(c2ccccn2)CC1. The van der Waals surface area contributed by atoms with Crippen molar-refractivity contribution < 1.29 is 9.53 Å². The number of carbonyl (C=O) groups is 1. The molecule has 0 radical (unpaired) electrons. The van der Waals surface area contributed by atoms with Gasteiger partial charge in [0.1, 0.15) is 18.2 Å². The second kappa shape index (κ2) is 8.57. The first kappa shape index (κ1) is 18.0. The lowest BCUT2D eigenvalue weighted by Crippen LogP contribution is -2.49. The van der Waals surface area contributed by atoms with E-state index in [-0.39, 0.29) is 5.91 Å². The molecule has 1 fully saturated rings. The highest BCUT2D eigenvalue weighted by atomic mass is 16.5. The van der Waals surface area contributed by atoms with Gasteiger partial charge in [0.2, 0.25) is 0 Å². The summed E-state index contributed by atoms with van der Waals surface area (Å²) in [6.07, 6.45) is 1.80. The zero-order valence-electron chi connectivity index (χ0n) is 15.7. The number of piperazine rings is 1. The van der Waals surface area contributed by atoms with Crippen molar-refractivity contribution in [3.05, 3.63) is 90.1 Å². The van der Waals surface area contributed by atoms with E-state index in [2.05, 4.69) is 9.88 Å². The Labute approximate surface area is 165 Å². The zero-order chi connectivity index (χ0) is 19.2. The standard InChI is InChI=1S/C23H23N3O2/c27-23(26-16-14-25(15-17-26)22-8-4-5-13-24-22)20-9-11-21(12-10-20)28-18-19-6-2-1-3-7-19/h1-13H,14-18H2. The molecule has 1 aliphatic heterocycles. The molecule has 2 aromatic carbocycles. The van der Waals surface area contributed by atoms with Gasteiger partial charge in [-0.15, -0.1) is 0 Å². The molecule has 3 aromatic rings. The molecule has 0 spiro atoms. The van der Waals surface area contributed by atoms with Gasteiger partial charge in [-0.1, -0.05) is 36.4 Å². The quantitative estimate of drug-likeness (QED) is 0.685. The third kappa shape index (κ3) is 4.31. The second-order valence-corrected chi connectivity index (χ2v) is 6.77. The van der Waals surface area contributed by atoms with E-state index in [4.69, 9.17) is 4.74 Å².